The summed E-state index contributed by atoms with van der Waals surface area (Å²) in [5.74, 6) is -0.296. The molecule has 0 aliphatic rings. The van der Waals surface area contributed by atoms with E-state index in [2.05, 4.69) is 20.8 Å². The minimum Gasteiger partial charge on any atom is -0.459 e. The number of hydrogen-bond donors (Lipinski definition) is 0. The summed E-state index contributed by atoms with van der Waals surface area (Å²) in [6, 6.07) is 0. The van der Waals surface area contributed by atoms with E-state index in [1.165, 1.54) is 0 Å². The van der Waals surface area contributed by atoms with Gasteiger partial charge in [-0.3, -0.25) is 4.79 Å². The first kappa shape index (κ1) is 25.3. The van der Waals surface area contributed by atoms with E-state index in [9.17, 15) is 18.0 Å². The maximum Gasteiger partial charge on any atom is 0.389 e. The van der Waals surface area contributed by atoms with Crippen LogP contribution in [0.5, 0.6) is 0 Å². The fourth-order valence-corrected chi connectivity index (χ4v) is 3.42. The Hall–Kier alpha value is -0.740. The molecule has 1 unspecified atom stereocenters. The van der Waals surface area contributed by atoms with Gasteiger partial charge in [-0.15, -0.1) is 0 Å². The number of esters is 1. The molecule has 156 valence electrons. The lowest BCUT2D eigenvalue weighted by Gasteiger charge is -2.46. The molecule has 0 heterocycles. The molecule has 0 saturated heterocycles. The molecule has 2 nitrogen and oxygen atoms in total. The Labute approximate surface area is 158 Å². The largest absolute Gasteiger partial charge is 0.459 e. The van der Waals surface area contributed by atoms with Gasteiger partial charge in [-0.05, 0) is 49.9 Å². The van der Waals surface area contributed by atoms with Crippen molar-refractivity contribution in [3.05, 3.63) is 0 Å². The Bertz CT molecular complexity index is 451. The Kier molecular flexibility index (Phi) is 8.27. The van der Waals surface area contributed by atoms with Gasteiger partial charge in [0.1, 0.15) is 5.60 Å². The lowest BCUT2D eigenvalue weighted by molar-refractivity contribution is -0.184. The standard InChI is InChI=1S/C21H39F3O2/c1-10-20(11-2,13-12-14-21(22,23)24)26-16(25)19(9,18(6,7)8)15-17(3,4)5/h10-15H2,1-9H3. The van der Waals surface area contributed by atoms with Crippen LogP contribution in [0.3, 0.4) is 0 Å². The van der Waals surface area contributed by atoms with Crippen molar-refractivity contribution in [3.8, 4) is 0 Å². The number of carbonyl (C=O) groups is 1. The smallest absolute Gasteiger partial charge is 0.389 e. The van der Waals surface area contributed by atoms with Crippen molar-refractivity contribution in [1.29, 1.82) is 0 Å². The topological polar surface area (TPSA) is 26.3 Å². The highest BCUT2D eigenvalue weighted by Gasteiger charge is 2.49. The van der Waals surface area contributed by atoms with Gasteiger partial charge in [0.2, 0.25) is 0 Å². The predicted molar refractivity (Wildman–Crippen MR) is 101 cm³/mol. The molecule has 0 bridgehead atoms. The second-order valence-electron chi connectivity index (χ2n) is 10.1. The molecule has 0 aromatic heterocycles. The predicted octanol–water partition coefficient (Wildman–Crippen LogP) is 7.31. The lowest BCUT2D eigenvalue weighted by atomic mass is 9.61. The zero-order valence-electron chi connectivity index (χ0n) is 18.2. The molecule has 0 fully saturated rings. The Morgan fingerprint density at radius 3 is 1.62 bits per heavy atom. The van der Waals surface area contributed by atoms with Crippen molar-refractivity contribution < 1.29 is 22.7 Å². The summed E-state index contributed by atoms with van der Waals surface area (Å²) in [6.45, 7) is 18.0. The van der Waals surface area contributed by atoms with E-state index in [0.29, 0.717) is 19.3 Å². The first-order chi connectivity index (χ1) is 11.4. The van der Waals surface area contributed by atoms with Gasteiger partial charge < -0.3 is 4.74 Å². The van der Waals surface area contributed by atoms with Crippen molar-refractivity contribution in [2.24, 2.45) is 16.2 Å². The zero-order chi connectivity index (χ0) is 21.0. The third-order valence-electron chi connectivity index (χ3n) is 5.68. The van der Waals surface area contributed by atoms with Gasteiger partial charge >= 0.3 is 12.1 Å². The lowest BCUT2D eigenvalue weighted by Crippen LogP contribution is -2.48. The van der Waals surface area contributed by atoms with E-state index in [-0.39, 0.29) is 29.6 Å². The van der Waals surface area contributed by atoms with E-state index >= 15 is 0 Å². The van der Waals surface area contributed by atoms with Crippen LogP contribution >= 0.6 is 0 Å². The van der Waals surface area contributed by atoms with Crippen LogP contribution in [0.15, 0.2) is 0 Å². The normalized spacial score (nSPS) is 16.3. The van der Waals surface area contributed by atoms with E-state index < -0.39 is 23.6 Å². The maximum absolute atomic E-state index is 13.2. The summed E-state index contributed by atoms with van der Waals surface area (Å²) < 4.78 is 43.6. The molecule has 1 atom stereocenters. The van der Waals surface area contributed by atoms with E-state index in [1.54, 1.807) is 0 Å². The fourth-order valence-electron chi connectivity index (χ4n) is 3.42. The van der Waals surface area contributed by atoms with Gasteiger partial charge in [-0.25, -0.2) is 0 Å². The number of alkyl halides is 3. The number of hydrogen-bond acceptors (Lipinski definition) is 2. The minimum atomic E-state index is -4.18. The molecule has 5 heteroatoms. The number of ether oxygens (including phenoxy) is 1. The minimum absolute atomic E-state index is 0.0238. The molecule has 0 rings (SSSR count). The Morgan fingerprint density at radius 2 is 1.31 bits per heavy atom. The van der Waals surface area contributed by atoms with Gasteiger partial charge in [-0.2, -0.15) is 13.2 Å². The third kappa shape index (κ3) is 7.48. The third-order valence-corrected chi connectivity index (χ3v) is 5.68. The molecule has 0 aromatic rings. The van der Waals surface area contributed by atoms with Gasteiger partial charge in [0.15, 0.2) is 0 Å². The molecule has 0 radical (unpaired) electrons. The SMILES string of the molecule is CCC(CC)(CCCC(F)(F)F)OC(=O)C(C)(CC(C)(C)C)C(C)(C)C. The molecular weight excluding hydrogens is 341 g/mol. The first-order valence-electron chi connectivity index (χ1n) is 9.71. The van der Waals surface area contributed by atoms with Crippen LogP contribution in [-0.4, -0.2) is 17.7 Å². The van der Waals surface area contributed by atoms with Crippen LogP contribution in [0, 0.1) is 16.2 Å². The summed E-state index contributed by atoms with van der Waals surface area (Å²) in [5, 5.41) is 0. The molecule has 0 aliphatic heterocycles. The molecule has 0 amide bonds. The van der Waals surface area contributed by atoms with E-state index in [1.807, 2.05) is 41.5 Å². The number of carbonyl (C=O) groups excluding carboxylic acids is 1. The zero-order valence-corrected chi connectivity index (χ0v) is 18.2. The molecule has 26 heavy (non-hydrogen) atoms. The van der Waals surface area contributed by atoms with Crippen LogP contribution in [0.4, 0.5) is 13.2 Å². The van der Waals surface area contributed by atoms with Crippen molar-refractivity contribution in [2.45, 2.75) is 113 Å². The van der Waals surface area contributed by atoms with Crippen LogP contribution in [0.2, 0.25) is 0 Å². The average molecular weight is 381 g/mol. The first-order valence-corrected chi connectivity index (χ1v) is 9.71. The van der Waals surface area contributed by atoms with Crippen molar-refractivity contribution in [3.63, 3.8) is 0 Å². The summed E-state index contributed by atoms with van der Waals surface area (Å²) >= 11 is 0. The fraction of sp³-hybridized carbons (Fsp3) is 0.952. The van der Waals surface area contributed by atoms with Crippen molar-refractivity contribution >= 4 is 5.97 Å². The summed E-state index contributed by atoms with van der Waals surface area (Å²) in [7, 11) is 0. The van der Waals surface area contributed by atoms with Crippen molar-refractivity contribution in [1.82, 2.24) is 0 Å². The molecule has 0 aliphatic carbocycles. The second-order valence-corrected chi connectivity index (χ2v) is 10.1. The molecule has 0 N–H and O–H groups in total. The van der Waals surface area contributed by atoms with Gasteiger partial charge in [0.25, 0.3) is 0 Å². The van der Waals surface area contributed by atoms with Crippen LogP contribution < -0.4 is 0 Å². The van der Waals surface area contributed by atoms with Gasteiger partial charge in [0.05, 0.1) is 5.41 Å². The average Bonchev–Trinajstić information content (AvgIpc) is 2.41. The molecule has 0 aromatic carbocycles. The summed E-state index contributed by atoms with van der Waals surface area (Å²) in [6.07, 6.45) is -3.13. The monoisotopic (exact) mass is 380 g/mol. The summed E-state index contributed by atoms with van der Waals surface area (Å²) in [5.41, 5.74) is -1.94. The highest BCUT2D eigenvalue weighted by molar-refractivity contribution is 5.78. The number of halogens is 3. The second kappa shape index (κ2) is 8.52. The maximum atomic E-state index is 13.2. The molecule has 0 spiro atoms. The highest BCUT2D eigenvalue weighted by Crippen LogP contribution is 2.48. The molecule has 0 saturated carbocycles. The number of rotatable bonds is 8. The van der Waals surface area contributed by atoms with E-state index in [0.717, 1.165) is 0 Å². The van der Waals surface area contributed by atoms with Crippen molar-refractivity contribution in [2.75, 3.05) is 0 Å². The Balaban J connectivity index is 5.49. The quantitative estimate of drug-likeness (QED) is 0.413. The van der Waals surface area contributed by atoms with Crippen LogP contribution in [0.25, 0.3) is 0 Å². The van der Waals surface area contributed by atoms with Crippen LogP contribution in [0.1, 0.15) is 101 Å². The summed E-state index contributed by atoms with van der Waals surface area (Å²) in [4.78, 5) is 13.2. The highest BCUT2D eigenvalue weighted by atomic mass is 19.4. The Morgan fingerprint density at radius 1 is 0.846 bits per heavy atom. The van der Waals surface area contributed by atoms with Gasteiger partial charge in [0, 0.05) is 6.42 Å². The van der Waals surface area contributed by atoms with E-state index in [4.69, 9.17) is 4.74 Å². The molecular formula is C21H39F3O2. The van der Waals surface area contributed by atoms with Crippen LogP contribution in [-0.2, 0) is 9.53 Å². The van der Waals surface area contributed by atoms with Gasteiger partial charge in [-0.1, -0.05) is 55.4 Å².